The molecule has 0 bridgehead atoms. The summed E-state index contributed by atoms with van der Waals surface area (Å²) in [6, 6.07) is 24.4. The molecule has 5 heteroatoms. The van der Waals surface area contributed by atoms with E-state index in [1.165, 1.54) is 5.56 Å². The fourth-order valence-electron chi connectivity index (χ4n) is 5.06. The van der Waals surface area contributed by atoms with Crippen molar-refractivity contribution in [3.05, 3.63) is 83.9 Å². The van der Waals surface area contributed by atoms with Crippen LogP contribution in [0.3, 0.4) is 0 Å². The smallest absolute Gasteiger partial charge is 0.182 e. The van der Waals surface area contributed by atoms with Crippen LogP contribution in [0, 0.1) is 0 Å². The van der Waals surface area contributed by atoms with Crippen LogP contribution in [0.15, 0.2) is 72.8 Å². The molecule has 0 aromatic heterocycles. The first-order chi connectivity index (χ1) is 15.8. The first-order valence-corrected chi connectivity index (χ1v) is 11.5. The minimum Gasteiger partial charge on any atom is -0.379 e. The molecular weight excluding hydrogens is 400 g/mol. The van der Waals surface area contributed by atoms with Crippen LogP contribution in [0.25, 0.3) is 10.8 Å². The quantitative estimate of drug-likeness (QED) is 0.557. The zero-order valence-corrected chi connectivity index (χ0v) is 18.4. The molecule has 0 radical (unpaired) electrons. The van der Waals surface area contributed by atoms with Gasteiger partial charge in [-0.25, -0.2) is 0 Å². The maximum Gasteiger partial charge on any atom is 0.182 e. The molecule has 0 saturated carbocycles. The van der Waals surface area contributed by atoms with Gasteiger partial charge in [-0.2, -0.15) is 0 Å². The predicted molar refractivity (Wildman–Crippen MR) is 126 cm³/mol. The minimum absolute atomic E-state index is 0.0373. The van der Waals surface area contributed by atoms with Crippen molar-refractivity contribution < 1.29 is 14.3 Å². The van der Waals surface area contributed by atoms with Crippen LogP contribution in [0.4, 0.5) is 0 Å². The summed E-state index contributed by atoms with van der Waals surface area (Å²) in [5, 5.41) is 2.12. The Hall–Kier alpha value is -2.57. The molecule has 0 spiro atoms. The molecule has 2 aliphatic rings. The Labute approximate surface area is 189 Å². The van der Waals surface area contributed by atoms with Crippen molar-refractivity contribution in [2.24, 2.45) is 0 Å². The largest absolute Gasteiger partial charge is 0.379 e. The number of hydrogen-bond donors (Lipinski definition) is 0. The third kappa shape index (κ3) is 4.34. The fraction of sp³-hybridized carbons (Fsp3) is 0.370. The van der Waals surface area contributed by atoms with Gasteiger partial charge in [-0.3, -0.25) is 14.6 Å². The van der Waals surface area contributed by atoms with Crippen LogP contribution in [-0.2, 0) is 9.47 Å². The van der Waals surface area contributed by atoms with Crippen LogP contribution < -0.4 is 0 Å². The molecule has 2 unspecified atom stereocenters. The van der Waals surface area contributed by atoms with Gasteiger partial charge in [-0.1, -0.05) is 72.8 Å². The van der Waals surface area contributed by atoms with E-state index in [2.05, 4.69) is 52.3 Å². The molecule has 5 nitrogen and oxygen atoms in total. The number of ketones is 1. The SMILES string of the molecule is O=C(c1cccc2ccccc12)C(C(c1ccccc1)N1CCOCC1)N1CCOCC1. The topological polar surface area (TPSA) is 42.0 Å². The molecule has 2 heterocycles. The van der Waals surface area contributed by atoms with Gasteiger partial charge in [0.05, 0.1) is 38.5 Å². The van der Waals surface area contributed by atoms with E-state index in [-0.39, 0.29) is 17.9 Å². The zero-order valence-electron chi connectivity index (χ0n) is 18.4. The average molecular weight is 431 g/mol. The lowest BCUT2D eigenvalue weighted by Gasteiger charge is -2.44. The normalized spacial score (nSPS) is 20.1. The van der Waals surface area contributed by atoms with Crippen LogP contribution in [0.2, 0.25) is 0 Å². The fourth-order valence-corrected chi connectivity index (χ4v) is 5.06. The first-order valence-electron chi connectivity index (χ1n) is 11.5. The summed E-state index contributed by atoms with van der Waals surface area (Å²) in [5.41, 5.74) is 1.98. The number of morpholine rings is 2. The van der Waals surface area contributed by atoms with Gasteiger partial charge in [0.1, 0.15) is 0 Å². The summed E-state index contributed by atoms with van der Waals surface area (Å²) in [6.07, 6.45) is 0. The standard InChI is InChI=1S/C27H30N2O3/c30-27(24-12-6-10-21-7-4-5-11-23(21)24)26(29-15-19-32-20-16-29)25(22-8-2-1-3-9-22)28-13-17-31-18-14-28/h1-12,25-26H,13-20H2. The van der Waals surface area contributed by atoms with E-state index in [1.807, 2.05) is 30.3 Å². The van der Waals surface area contributed by atoms with Gasteiger partial charge >= 0.3 is 0 Å². The van der Waals surface area contributed by atoms with E-state index in [0.29, 0.717) is 26.4 Å². The van der Waals surface area contributed by atoms with Crippen LogP contribution in [-0.4, -0.2) is 74.2 Å². The Balaban J connectivity index is 1.62. The van der Waals surface area contributed by atoms with Gasteiger partial charge in [0.15, 0.2) is 5.78 Å². The molecule has 2 atom stereocenters. The number of carbonyl (C=O) groups is 1. The highest BCUT2D eigenvalue weighted by molar-refractivity contribution is 6.10. The molecular formula is C27H30N2O3. The summed E-state index contributed by atoms with van der Waals surface area (Å²) in [4.78, 5) is 19.1. The highest BCUT2D eigenvalue weighted by atomic mass is 16.5. The van der Waals surface area contributed by atoms with Crippen LogP contribution >= 0.6 is 0 Å². The van der Waals surface area contributed by atoms with Crippen molar-refractivity contribution in [2.45, 2.75) is 12.1 Å². The molecule has 32 heavy (non-hydrogen) atoms. The average Bonchev–Trinajstić information content (AvgIpc) is 2.88. The second-order valence-corrected chi connectivity index (χ2v) is 8.49. The molecule has 3 aromatic carbocycles. The number of hydrogen-bond acceptors (Lipinski definition) is 5. The Morgan fingerprint density at radius 2 is 1.28 bits per heavy atom. The molecule has 5 rings (SSSR count). The Bertz CT molecular complexity index is 1040. The van der Waals surface area contributed by atoms with Gasteiger partial charge in [0, 0.05) is 31.7 Å². The zero-order chi connectivity index (χ0) is 21.8. The Kier molecular flexibility index (Phi) is 6.60. The van der Waals surface area contributed by atoms with Crippen molar-refractivity contribution in [2.75, 3.05) is 52.6 Å². The lowest BCUT2D eigenvalue weighted by atomic mass is 9.88. The summed E-state index contributed by atoms with van der Waals surface area (Å²) < 4.78 is 11.3. The Morgan fingerprint density at radius 3 is 2.00 bits per heavy atom. The lowest BCUT2D eigenvalue weighted by molar-refractivity contribution is -0.0301. The van der Waals surface area contributed by atoms with Crippen molar-refractivity contribution >= 4 is 16.6 Å². The highest BCUT2D eigenvalue weighted by Crippen LogP contribution is 2.33. The van der Waals surface area contributed by atoms with E-state index >= 15 is 0 Å². The number of Topliss-reactive ketones (excluding diaryl/α,β-unsaturated/α-hetero) is 1. The summed E-state index contributed by atoms with van der Waals surface area (Å²) >= 11 is 0. The predicted octanol–water partition coefficient (Wildman–Crippen LogP) is 3.80. The first kappa shape index (κ1) is 21.3. The summed E-state index contributed by atoms with van der Waals surface area (Å²) in [7, 11) is 0. The van der Waals surface area contributed by atoms with Gasteiger partial charge in [-0.05, 0) is 16.3 Å². The number of benzene rings is 3. The Morgan fingerprint density at radius 1 is 0.688 bits per heavy atom. The van der Waals surface area contributed by atoms with Crippen molar-refractivity contribution in [1.29, 1.82) is 0 Å². The number of nitrogens with zero attached hydrogens (tertiary/aromatic N) is 2. The van der Waals surface area contributed by atoms with Crippen LogP contribution in [0.1, 0.15) is 22.0 Å². The number of carbonyl (C=O) groups excluding carboxylic acids is 1. The number of ether oxygens (including phenoxy) is 2. The highest BCUT2D eigenvalue weighted by Gasteiger charge is 2.40. The second-order valence-electron chi connectivity index (χ2n) is 8.49. The van der Waals surface area contributed by atoms with Crippen molar-refractivity contribution in [3.8, 4) is 0 Å². The molecule has 0 amide bonds. The maximum atomic E-state index is 14.4. The van der Waals surface area contributed by atoms with Gasteiger partial charge in [0.25, 0.3) is 0 Å². The molecule has 2 saturated heterocycles. The monoisotopic (exact) mass is 430 g/mol. The minimum atomic E-state index is -0.287. The molecule has 0 aliphatic carbocycles. The molecule has 3 aromatic rings. The van der Waals surface area contributed by atoms with Crippen molar-refractivity contribution in [1.82, 2.24) is 9.80 Å². The second kappa shape index (κ2) is 9.92. The molecule has 2 aliphatic heterocycles. The lowest BCUT2D eigenvalue weighted by Crippen LogP contribution is -2.55. The third-order valence-corrected chi connectivity index (χ3v) is 6.64. The van der Waals surface area contributed by atoms with Gasteiger partial charge in [0.2, 0.25) is 0 Å². The molecule has 0 N–H and O–H groups in total. The molecule has 166 valence electrons. The van der Waals surface area contributed by atoms with E-state index in [4.69, 9.17) is 9.47 Å². The van der Waals surface area contributed by atoms with E-state index in [9.17, 15) is 4.79 Å². The van der Waals surface area contributed by atoms with Crippen LogP contribution in [0.5, 0.6) is 0 Å². The molecule has 2 fully saturated rings. The summed E-state index contributed by atoms with van der Waals surface area (Å²) in [6.45, 7) is 5.87. The van der Waals surface area contributed by atoms with E-state index in [1.54, 1.807) is 0 Å². The summed E-state index contributed by atoms with van der Waals surface area (Å²) in [5.74, 6) is 0.184. The van der Waals surface area contributed by atoms with Gasteiger partial charge < -0.3 is 9.47 Å². The van der Waals surface area contributed by atoms with E-state index < -0.39 is 0 Å². The van der Waals surface area contributed by atoms with Gasteiger partial charge in [-0.15, -0.1) is 0 Å². The maximum absolute atomic E-state index is 14.4. The number of rotatable bonds is 6. The van der Waals surface area contributed by atoms with Crippen molar-refractivity contribution in [3.63, 3.8) is 0 Å². The third-order valence-electron chi connectivity index (χ3n) is 6.64. The van der Waals surface area contributed by atoms with E-state index in [0.717, 1.165) is 42.5 Å². The number of fused-ring (bicyclic) bond motifs is 1.